The van der Waals surface area contributed by atoms with Gasteiger partial charge in [-0.3, -0.25) is 4.79 Å². The molecular formula is C15H19FN2O5. The number of ether oxygens (including phenoxy) is 2. The van der Waals surface area contributed by atoms with Crippen molar-refractivity contribution in [1.82, 2.24) is 5.32 Å². The number of nitrogens with zero attached hydrogens (tertiary/aromatic N) is 1. The van der Waals surface area contributed by atoms with Crippen molar-refractivity contribution in [2.75, 3.05) is 44.9 Å². The number of halogens is 1. The van der Waals surface area contributed by atoms with E-state index < -0.39 is 30.3 Å². The summed E-state index contributed by atoms with van der Waals surface area (Å²) in [5.74, 6) is -1.97. The highest BCUT2D eigenvalue weighted by Gasteiger charge is 2.22. The number of amides is 1. The monoisotopic (exact) mass is 326 g/mol. The van der Waals surface area contributed by atoms with Crippen molar-refractivity contribution in [3.8, 4) is 0 Å². The second-order valence-corrected chi connectivity index (χ2v) is 5.00. The number of aliphatic hydroxyl groups is 1. The number of aliphatic hydroxyl groups excluding tert-OH is 1. The molecule has 2 N–H and O–H groups in total. The number of hydrogen-bond acceptors (Lipinski definition) is 6. The Bertz CT molecular complexity index is 575. The third-order valence-corrected chi connectivity index (χ3v) is 3.54. The number of hydrogen-bond donors (Lipinski definition) is 2. The van der Waals surface area contributed by atoms with Crippen LogP contribution in [-0.4, -0.2) is 63.0 Å². The van der Waals surface area contributed by atoms with Gasteiger partial charge in [0.05, 0.1) is 32.6 Å². The predicted octanol–water partition coefficient (Wildman–Crippen LogP) is -0.0740. The number of morpholine rings is 1. The molecular weight excluding hydrogens is 307 g/mol. The summed E-state index contributed by atoms with van der Waals surface area (Å²) in [7, 11) is 1.15. The molecule has 1 aliphatic rings. The third kappa shape index (κ3) is 4.17. The maximum atomic E-state index is 14.2. The van der Waals surface area contributed by atoms with Gasteiger partial charge in [-0.25, -0.2) is 9.18 Å². The Kier molecular flexibility index (Phi) is 5.89. The number of esters is 1. The molecule has 1 saturated heterocycles. The Morgan fingerprint density at radius 2 is 2.13 bits per heavy atom. The number of anilines is 1. The highest BCUT2D eigenvalue weighted by molar-refractivity contribution is 5.97. The summed E-state index contributed by atoms with van der Waals surface area (Å²) in [5.41, 5.74) is 0.457. The van der Waals surface area contributed by atoms with Crippen LogP contribution in [-0.2, 0) is 14.3 Å². The molecule has 0 spiro atoms. The van der Waals surface area contributed by atoms with Crippen LogP contribution in [0.25, 0.3) is 0 Å². The molecule has 8 heteroatoms. The van der Waals surface area contributed by atoms with E-state index in [0.29, 0.717) is 32.0 Å². The molecule has 0 aromatic heterocycles. The molecule has 1 aliphatic heterocycles. The zero-order chi connectivity index (χ0) is 16.8. The summed E-state index contributed by atoms with van der Waals surface area (Å²) in [4.78, 5) is 25.2. The van der Waals surface area contributed by atoms with Crippen molar-refractivity contribution in [1.29, 1.82) is 0 Å². The highest BCUT2D eigenvalue weighted by atomic mass is 19.1. The van der Waals surface area contributed by atoms with Crippen LogP contribution in [0, 0.1) is 5.82 Å². The normalized spacial score (nSPS) is 15.9. The molecule has 0 saturated carbocycles. The lowest BCUT2D eigenvalue weighted by Crippen LogP contribution is -2.44. The van der Waals surface area contributed by atoms with Crippen LogP contribution in [0.5, 0.6) is 0 Å². The molecule has 0 radical (unpaired) electrons. The van der Waals surface area contributed by atoms with Gasteiger partial charge in [0.25, 0.3) is 5.91 Å². The fraction of sp³-hybridized carbons (Fsp3) is 0.467. The van der Waals surface area contributed by atoms with Gasteiger partial charge >= 0.3 is 5.97 Å². The summed E-state index contributed by atoms with van der Waals surface area (Å²) in [5, 5.41) is 11.4. The van der Waals surface area contributed by atoms with Gasteiger partial charge in [0.15, 0.2) is 6.04 Å². The summed E-state index contributed by atoms with van der Waals surface area (Å²) in [6.07, 6.45) is 0. The zero-order valence-electron chi connectivity index (χ0n) is 12.8. The topological polar surface area (TPSA) is 88.1 Å². The molecule has 1 aromatic carbocycles. The molecule has 1 atom stereocenters. The van der Waals surface area contributed by atoms with Crippen molar-refractivity contribution in [3.05, 3.63) is 29.6 Å². The predicted molar refractivity (Wildman–Crippen MR) is 79.8 cm³/mol. The number of benzene rings is 1. The minimum absolute atomic E-state index is 0.0573. The Balaban J connectivity index is 2.09. The Hall–Kier alpha value is -2.19. The minimum atomic E-state index is -1.19. The molecule has 1 fully saturated rings. The number of carbonyl (C=O) groups excluding carboxylic acids is 2. The molecule has 1 amide bonds. The maximum Gasteiger partial charge on any atom is 0.330 e. The van der Waals surface area contributed by atoms with E-state index >= 15 is 0 Å². The van der Waals surface area contributed by atoms with Crippen molar-refractivity contribution in [3.63, 3.8) is 0 Å². The molecule has 2 rings (SSSR count). The van der Waals surface area contributed by atoms with Crippen molar-refractivity contribution in [2.45, 2.75) is 6.04 Å². The van der Waals surface area contributed by atoms with Crippen LogP contribution < -0.4 is 10.2 Å². The highest BCUT2D eigenvalue weighted by Crippen LogP contribution is 2.21. The van der Waals surface area contributed by atoms with Gasteiger partial charge in [-0.2, -0.15) is 0 Å². The molecule has 1 aromatic rings. The Morgan fingerprint density at radius 1 is 1.43 bits per heavy atom. The van der Waals surface area contributed by atoms with Crippen LogP contribution in [0.4, 0.5) is 10.1 Å². The van der Waals surface area contributed by atoms with E-state index in [-0.39, 0.29) is 5.56 Å². The molecule has 23 heavy (non-hydrogen) atoms. The SMILES string of the molecule is COC(=O)[C@@H](CO)NC(=O)c1ccc(N2CCOCC2)c(F)c1. The first-order valence-corrected chi connectivity index (χ1v) is 7.18. The van der Waals surface area contributed by atoms with E-state index in [4.69, 9.17) is 9.84 Å². The number of nitrogens with one attached hydrogen (secondary N) is 1. The smallest absolute Gasteiger partial charge is 0.330 e. The minimum Gasteiger partial charge on any atom is -0.467 e. The molecule has 1 heterocycles. The first-order valence-electron chi connectivity index (χ1n) is 7.18. The lowest BCUT2D eigenvalue weighted by molar-refractivity contribution is -0.143. The van der Waals surface area contributed by atoms with E-state index in [1.807, 2.05) is 4.90 Å². The van der Waals surface area contributed by atoms with Gasteiger partial charge in [0.2, 0.25) is 0 Å². The van der Waals surface area contributed by atoms with Gasteiger partial charge < -0.3 is 24.8 Å². The summed E-state index contributed by atoms with van der Waals surface area (Å²) in [6.45, 7) is 1.61. The first kappa shape index (κ1) is 17.2. The lowest BCUT2D eigenvalue weighted by Gasteiger charge is -2.29. The molecule has 126 valence electrons. The van der Waals surface area contributed by atoms with E-state index in [9.17, 15) is 14.0 Å². The molecule has 0 bridgehead atoms. The van der Waals surface area contributed by atoms with Crippen LogP contribution in [0.3, 0.4) is 0 Å². The van der Waals surface area contributed by atoms with Crippen molar-refractivity contribution >= 4 is 17.6 Å². The van der Waals surface area contributed by atoms with E-state index in [1.54, 1.807) is 0 Å². The van der Waals surface area contributed by atoms with Gasteiger partial charge in [-0.15, -0.1) is 0 Å². The molecule has 0 aliphatic carbocycles. The average Bonchev–Trinajstić information content (AvgIpc) is 2.59. The maximum absolute atomic E-state index is 14.2. The quantitative estimate of drug-likeness (QED) is 0.736. The summed E-state index contributed by atoms with van der Waals surface area (Å²) >= 11 is 0. The number of rotatable bonds is 5. The van der Waals surface area contributed by atoms with Crippen LogP contribution >= 0.6 is 0 Å². The van der Waals surface area contributed by atoms with E-state index in [1.165, 1.54) is 12.1 Å². The Labute approximate surface area is 133 Å². The molecule has 7 nitrogen and oxygen atoms in total. The first-order chi connectivity index (χ1) is 11.1. The largest absolute Gasteiger partial charge is 0.467 e. The van der Waals surface area contributed by atoms with Gasteiger partial charge in [0, 0.05) is 18.7 Å². The number of methoxy groups -OCH3 is 1. The van der Waals surface area contributed by atoms with E-state index in [2.05, 4.69) is 10.1 Å². The average molecular weight is 326 g/mol. The zero-order valence-corrected chi connectivity index (χ0v) is 12.8. The fourth-order valence-corrected chi connectivity index (χ4v) is 2.27. The standard InChI is InChI=1S/C15H19FN2O5/c1-22-15(21)12(9-19)17-14(20)10-2-3-13(11(16)8-10)18-4-6-23-7-5-18/h2-3,8,12,19H,4-7,9H2,1H3,(H,17,20)/t12-/m1/s1. The number of carbonyl (C=O) groups is 2. The molecule has 0 unspecified atom stereocenters. The van der Waals surface area contributed by atoms with Gasteiger partial charge in [0.1, 0.15) is 5.82 Å². The van der Waals surface area contributed by atoms with Gasteiger partial charge in [-0.05, 0) is 18.2 Å². The second kappa shape index (κ2) is 7.89. The summed E-state index contributed by atoms with van der Waals surface area (Å²) < 4.78 is 23.9. The fourth-order valence-electron chi connectivity index (χ4n) is 2.27. The van der Waals surface area contributed by atoms with E-state index in [0.717, 1.165) is 13.2 Å². The van der Waals surface area contributed by atoms with Crippen molar-refractivity contribution < 1.29 is 28.6 Å². The van der Waals surface area contributed by atoms with Crippen LogP contribution in [0.1, 0.15) is 10.4 Å². The van der Waals surface area contributed by atoms with Crippen LogP contribution in [0.2, 0.25) is 0 Å². The second-order valence-electron chi connectivity index (χ2n) is 5.00. The third-order valence-electron chi connectivity index (χ3n) is 3.54. The Morgan fingerprint density at radius 3 is 2.70 bits per heavy atom. The summed E-state index contributed by atoms with van der Waals surface area (Å²) in [6, 6.07) is 2.90. The van der Waals surface area contributed by atoms with Crippen molar-refractivity contribution in [2.24, 2.45) is 0 Å². The van der Waals surface area contributed by atoms with Crippen LogP contribution in [0.15, 0.2) is 18.2 Å². The lowest BCUT2D eigenvalue weighted by atomic mass is 10.1. The van der Waals surface area contributed by atoms with Gasteiger partial charge in [-0.1, -0.05) is 0 Å².